The van der Waals surface area contributed by atoms with Gasteiger partial charge in [-0.25, -0.2) is 4.98 Å². The largest absolute Gasteiger partial charge is 0.352 e. The Balaban J connectivity index is 1.87. The lowest BCUT2D eigenvalue weighted by molar-refractivity contribution is 0.370. The van der Waals surface area contributed by atoms with Crippen LogP contribution in [0.4, 0.5) is 5.82 Å². The van der Waals surface area contributed by atoms with Crippen molar-refractivity contribution in [3.63, 3.8) is 0 Å². The molecule has 0 aromatic carbocycles. The number of rotatable bonds is 5. The number of hydrogen-bond donors (Lipinski definition) is 2. The lowest BCUT2D eigenvalue weighted by atomic mass is 9.96. The molecule has 0 bridgehead atoms. The van der Waals surface area contributed by atoms with Gasteiger partial charge in [-0.05, 0) is 45.6 Å². The molecule has 2 fully saturated rings. The summed E-state index contributed by atoms with van der Waals surface area (Å²) in [4.78, 5) is 22.0. The van der Waals surface area contributed by atoms with Crippen molar-refractivity contribution in [3.8, 4) is 0 Å². The van der Waals surface area contributed by atoms with Crippen LogP contribution in [0.1, 0.15) is 57.7 Å². The Hall–Kier alpha value is -1.36. The first kappa shape index (κ1) is 14.6. The fourth-order valence-electron chi connectivity index (χ4n) is 3.38. The Morgan fingerprint density at radius 3 is 2.95 bits per heavy atom. The molecular formula is C16H26N4O. The number of likely N-dealkylation sites (N-methyl/N-ethyl adjacent to an activating group) is 1. The fourth-order valence-corrected chi connectivity index (χ4v) is 3.38. The molecule has 5 heteroatoms. The van der Waals surface area contributed by atoms with Crippen LogP contribution in [-0.4, -0.2) is 35.1 Å². The molecule has 2 aliphatic rings. The summed E-state index contributed by atoms with van der Waals surface area (Å²) >= 11 is 0. The zero-order valence-electron chi connectivity index (χ0n) is 13.1. The molecule has 2 N–H and O–H groups in total. The molecule has 1 saturated heterocycles. The topological polar surface area (TPSA) is 61.0 Å². The minimum Gasteiger partial charge on any atom is -0.352 e. The van der Waals surface area contributed by atoms with Crippen molar-refractivity contribution in [2.45, 2.75) is 64.0 Å². The number of hydrogen-bond acceptors (Lipinski definition) is 4. The Kier molecular flexibility index (Phi) is 4.29. The highest BCUT2D eigenvalue weighted by molar-refractivity contribution is 5.40. The number of anilines is 1. The van der Waals surface area contributed by atoms with Crippen LogP contribution in [0.3, 0.4) is 0 Å². The molecule has 1 saturated carbocycles. The number of aromatic nitrogens is 2. The van der Waals surface area contributed by atoms with Crippen LogP contribution in [0.5, 0.6) is 0 Å². The van der Waals surface area contributed by atoms with E-state index in [2.05, 4.69) is 29.0 Å². The van der Waals surface area contributed by atoms with Crippen molar-refractivity contribution in [2.75, 3.05) is 18.0 Å². The monoisotopic (exact) mass is 290 g/mol. The van der Waals surface area contributed by atoms with Crippen molar-refractivity contribution in [2.24, 2.45) is 0 Å². The van der Waals surface area contributed by atoms with Crippen molar-refractivity contribution in [1.29, 1.82) is 0 Å². The standard InChI is InChI=1S/C16H26N4O/c1-3-17-11(2)13-6-4-5-9-20(13)14-10-15(21)19-16(18-14)12-7-8-12/h10-13,17H,3-9H2,1-2H3,(H,18,19,21). The van der Waals surface area contributed by atoms with Gasteiger partial charge in [-0.2, -0.15) is 0 Å². The van der Waals surface area contributed by atoms with E-state index >= 15 is 0 Å². The van der Waals surface area contributed by atoms with Gasteiger partial charge in [0.2, 0.25) is 0 Å². The molecule has 0 spiro atoms. The zero-order valence-corrected chi connectivity index (χ0v) is 13.1. The minimum absolute atomic E-state index is 0.0117. The number of H-pyrrole nitrogens is 1. The number of nitrogens with zero attached hydrogens (tertiary/aromatic N) is 2. The van der Waals surface area contributed by atoms with E-state index in [1.165, 1.54) is 19.3 Å². The summed E-state index contributed by atoms with van der Waals surface area (Å²) in [6.07, 6.45) is 5.92. The van der Waals surface area contributed by atoms with Gasteiger partial charge in [0.05, 0.1) is 0 Å². The van der Waals surface area contributed by atoms with E-state index in [1.807, 2.05) is 0 Å². The van der Waals surface area contributed by atoms with Crippen molar-refractivity contribution >= 4 is 5.82 Å². The van der Waals surface area contributed by atoms with E-state index in [-0.39, 0.29) is 5.56 Å². The molecule has 2 unspecified atom stereocenters. The Bertz CT molecular complexity index is 537. The number of nitrogens with one attached hydrogen (secondary N) is 2. The molecule has 0 amide bonds. The van der Waals surface area contributed by atoms with Crippen molar-refractivity contribution < 1.29 is 0 Å². The molecule has 5 nitrogen and oxygen atoms in total. The van der Waals surface area contributed by atoms with Gasteiger partial charge in [0.25, 0.3) is 5.56 Å². The molecule has 0 radical (unpaired) electrons. The maximum atomic E-state index is 12.0. The van der Waals surface area contributed by atoms with Gasteiger partial charge >= 0.3 is 0 Å². The second kappa shape index (κ2) is 6.18. The second-order valence-corrected chi connectivity index (χ2v) is 6.37. The summed E-state index contributed by atoms with van der Waals surface area (Å²) in [6.45, 7) is 6.35. The first-order valence-corrected chi connectivity index (χ1v) is 8.30. The smallest absolute Gasteiger partial charge is 0.252 e. The molecule has 1 aliphatic heterocycles. The molecule has 1 aliphatic carbocycles. The van der Waals surface area contributed by atoms with Gasteiger partial charge in [-0.3, -0.25) is 4.79 Å². The third-order valence-corrected chi connectivity index (χ3v) is 4.66. The summed E-state index contributed by atoms with van der Waals surface area (Å²) in [5.41, 5.74) is -0.0117. The molecular weight excluding hydrogens is 264 g/mol. The van der Waals surface area contributed by atoms with Gasteiger partial charge in [-0.1, -0.05) is 6.92 Å². The average molecular weight is 290 g/mol. The molecule has 1 aromatic heterocycles. The average Bonchev–Trinajstić information content (AvgIpc) is 3.31. The number of piperidine rings is 1. The Labute approximate surface area is 126 Å². The van der Waals surface area contributed by atoms with E-state index < -0.39 is 0 Å². The minimum atomic E-state index is -0.0117. The summed E-state index contributed by atoms with van der Waals surface area (Å²) in [5.74, 6) is 2.24. The predicted molar refractivity (Wildman–Crippen MR) is 85.0 cm³/mol. The summed E-state index contributed by atoms with van der Waals surface area (Å²) in [6, 6.07) is 2.52. The highest BCUT2D eigenvalue weighted by Crippen LogP contribution is 2.38. The normalized spacial score (nSPS) is 24.1. The summed E-state index contributed by atoms with van der Waals surface area (Å²) in [5, 5.41) is 3.52. The maximum Gasteiger partial charge on any atom is 0.252 e. The molecule has 116 valence electrons. The second-order valence-electron chi connectivity index (χ2n) is 6.37. The predicted octanol–water partition coefficient (Wildman–Crippen LogP) is 2.00. The van der Waals surface area contributed by atoms with Crippen LogP contribution < -0.4 is 15.8 Å². The maximum absolute atomic E-state index is 12.0. The highest BCUT2D eigenvalue weighted by atomic mass is 16.1. The van der Waals surface area contributed by atoms with E-state index in [1.54, 1.807) is 6.07 Å². The van der Waals surface area contributed by atoms with Crippen LogP contribution in [0, 0.1) is 0 Å². The first-order chi connectivity index (χ1) is 10.2. The molecule has 2 heterocycles. The van der Waals surface area contributed by atoms with E-state index in [0.717, 1.165) is 37.6 Å². The molecule has 2 atom stereocenters. The highest BCUT2D eigenvalue weighted by Gasteiger charge is 2.30. The van der Waals surface area contributed by atoms with Crippen LogP contribution in [0.25, 0.3) is 0 Å². The van der Waals surface area contributed by atoms with E-state index in [4.69, 9.17) is 4.98 Å². The third-order valence-electron chi connectivity index (χ3n) is 4.66. The van der Waals surface area contributed by atoms with Gasteiger partial charge < -0.3 is 15.2 Å². The Morgan fingerprint density at radius 2 is 2.24 bits per heavy atom. The number of aromatic amines is 1. The lowest BCUT2D eigenvalue weighted by Gasteiger charge is -2.40. The van der Waals surface area contributed by atoms with E-state index in [0.29, 0.717) is 18.0 Å². The third kappa shape index (κ3) is 3.28. The molecule has 21 heavy (non-hydrogen) atoms. The van der Waals surface area contributed by atoms with Gasteiger partial charge in [-0.15, -0.1) is 0 Å². The fraction of sp³-hybridized carbons (Fsp3) is 0.750. The van der Waals surface area contributed by atoms with E-state index in [9.17, 15) is 4.79 Å². The van der Waals surface area contributed by atoms with Crippen molar-refractivity contribution in [3.05, 3.63) is 22.2 Å². The van der Waals surface area contributed by atoms with Gasteiger partial charge in [0.15, 0.2) is 0 Å². The quantitative estimate of drug-likeness (QED) is 0.871. The SMILES string of the molecule is CCNC(C)C1CCCCN1c1cc(=O)[nH]c(C2CC2)n1. The molecule has 3 rings (SSSR count). The van der Waals surface area contributed by atoms with Gasteiger partial charge in [0, 0.05) is 30.6 Å². The first-order valence-electron chi connectivity index (χ1n) is 8.30. The van der Waals surface area contributed by atoms with Crippen LogP contribution in [0.15, 0.2) is 10.9 Å². The summed E-state index contributed by atoms with van der Waals surface area (Å²) < 4.78 is 0. The van der Waals surface area contributed by atoms with Crippen LogP contribution in [0.2, 0.25) is 0 Å². The Morgan fingerprint density at radius 1 is 1.43 bits per heavy atom. The van der Waals surface area contributed by atoms with Crippen LogP contribution >= 0.6 is 0 Å². The van der Waals surface area contributed by atoms with Crippen molar-refractivity contribution in [1.82, 2.24) is 15.3 Å². The summed E-state index contributed by atoms with van der Waals surface area (Å²) in [7, 11) is 0. The molecule has 1 aromatic rings. The van der Waals surface area contributed by atoms with Gasteiger partial charge in [0.1, 0.15) is 11.6 Å². The zero-order chi connectivity index (χ0) is 14.8. The lowest BCUT2D eigenvalue weighted by Crippen LogP contribution is -2.51. The van der Waals surface area contributed by atoms with Crippen LogP contribution in [-0.2, 0) is 0 Å².